The minimum Gasteiger partial charge on any atom is -0.493 e. The zero-order chi connectivity index (χ0) is 19.4. The molecule has 0 aliphatic heterocycles. The summed E-state index contributed by atoms with van der Waals surface area (Å²) in [7, 11) is 3.01. The van der Waals surface area contributed by atoms with E-state index in [1.165, 1.54) is 18.1 Å². The summed E-state index contributed by atoms with van der Waals surface area (Å²) in [5.74, 6) is 0.455. The topological polar surface area (TPSA) is 64.8 Å². The third-order valence-corrected chi connectivity index (χ3v) is 3.84. The Morgan fingerprint density at radius 2 is 2.00 bits per heavy atom. The Morgan fingerprint density at radius 1 is 1.31 bits per heavy atom. The molecule has 0 fully saturated rings. The van der Waals surface area contributed by atoms with Crippen molar-refractivity contribution in [3.63, 3.8) is 0 Å². The standard InChI is InChI=1S/C18H22F2N2O4/c1-10(2)16-15(11(3)21-26-16)17(23)22(4)9-12-6-7-13(25-18(19)20)14(8-12)24-5/h6-8,10,18H,9H2,1-5H3. The molecule has 0 saturated carbocycles. The molecule has 0 N–H and O–H groups in total. The highest BCUT2D eigenvalue weighted by atomic mass is 19.3. The molecule has 1 aromatic carbocycles. The zero-order valence-electron chi connectivity index (χ0n) is 15.4. The van der Waals surface area contributed by atoms with Crippen LogP contribution in [0.2, 0.25) is 0 Å². The molecule has 8 heteroatoms. The third kappa shape index (κ3) is 4.30. The summed E-state index contributed by atoms with van der Waals surface area (Å²) in [4.78, 5) is 14.3. The van der Waals surface area contributed by atoms with Gasteiger partial charge in [-0.25, -0.2) is 0 Å². The lowest BCUT2D eigenvalue weighted by atomic mass is 10.0. The smallest absolute Gasteiger partial charge is 0.387 e. The number of halogens is 2. The molecule has 0 spiro atoms. The van der Waals surface area contributed by atoms with Gasteiger partial charge < -0.3 is 18.9 Å². The van der Waals surface area contributed by atoms with Crippen LogP contribution < -0.4 is 9.47 Å². The molecule has 0 unspecified atom stereocenters. The second-order valence-electron chi connectivity index (χ2n) is 6.19. The van der Waals surface area contributed by atoms with Crippen molar-refractivity contribution in [3.8, 4) is 11.5 Å². The second kappa shape index (κ2) is 8.16. The number of amides is 1. The van der Waals surface area contributed by atoms with Crippen LogP contribution in [0.15, 0.2) is 22.7 Å². The molecule has 0 atom stereocenters. The van der Waals surface area contributed by atoms with Crippen LogP contribution >= 0.6 is 0 Å². The number of aryl methyl sites for hydroxylation is 1. The number of nitrogens with zero attached hydrogens (tertiary/aromatic N) is 2. The summed E-state index contributed by atoms with van der Waals surface area (Å²) in [6, 6.07) is 4.56. The molecule has 1 amide bonds. The van der Waals surface area contributed by atoms with Gasteiger partial charge in [-0.1, -0.05) is 25.1 Å². The van der Waals surface area contributed by atoms with Crippen LogP contribution in [-0.2, 0) is 6.54 Å². The number of ether oxygens (including phenoxy) is 2. The van der Waals surface area contributed by atoms with E-state index >= 15 is 0 Å². The molecule has 0 aliphatic carbocycles. The Hall–Kier alpha value is -2.64. The van der Waals surface area contributed by atoms with Crippen molar-refractivity contribution >= 4 is 5.91 Å². The van der Waals surface area contributed by atoms with Crippen molar-refractivity contribution in [2.45, 2.75) is 39.8 Å². The Bertz CT molecular complexity index is 775. The number of methoxy groups -OCH3 is 1. The highest BCUT2D eigenvalue weighted by Crippen LogP contribution is 2.30. The minimum atomic E-state index is -2.94. The number of carbonyl (C=O) groups is 1. The molecule has 0 bridgehead atoms. The minimum absolute atomic E-state index is 0.0226. The lowest BCUT2D eigenvalue weighted by molar-refractivity contribution is -0.0512. The number of aromatic nitrogens is 1. The van der Waals surface area contributed by atoms with Gasteiger partial charge in [0.25, 0.3) is 5.91 Å². The van der Waals surface area contributed by atoms with Gasteiger partial charge in [0.2, 0.25) is 0 Å². The molecule has 0 radical (unpaired) electrons. The van der Waals surface area contributed by atoms with E-state index in [0.29, 0.717) is 22.6 Å². The average molecular weight is 368 g/mol. The van der Waals surface area contributed by atoms with Gasteiger partial charge in [0, 0.05) is 19.5 Å². The fourth-order valence-electron chi connectivity index (χ4n) is 2.58. The van der Waals surface area contributed by atoms with Crippen molar-refractivity contribution < 1.29 is 27.6 Å². The molecule has 2 rings (SSSR count). The monoisotopic (exact) mass is 368 g/mol. The number of carbonyl (C=O) groups excluding carboxylic acids is 1. The van der Waals surface area contributed by atoms with Crippen LogP contribution in [-0.4, -0.2) is 36.7 Å². The van der Waals surface area contributed by atoms with Gasteiger partial charge in [0.15, 0.2) is 17.3 Å². The number of benzene rings is 1. The second-order valence-corrected chi connectivity index (χ2v) is 6.19. The first kappa shape index (κ1) is 19.7. The zero-order valence-corrected chi connectivity index (χ0v) is 15.4. The summed E-state index contributed by atoms with van der Waals surface area (Å²) in [5, 5.41) is 3.88. The van der Waals surface area contributed by atoms with Crippen molar-refractivity contribution in [2.24, 2.45) is 0 Å². The van der Waals surface area contributed by atoms with Crippen LogP contribution in [0.5, 0.6) is 11.5 Å². The van der Waals surface area contributed by atoms with Crippen molar-refractivity contribution in [3.05, 3.63) is 40.8 Å². The maximum Gasteiger partial charge on any atom is 0.387 e. The van der Waals surface area contributed by atoms with E-state index in [1.54, 1.807) is 26.1 Å². The first-order valence-electron chi connectivity index (χ1n) is 8.08. The molecule has 6 nitrogen and oxygen atoms in total. The van der Waals surface area contributed by atoms with Crippen LogP contribution in [0.4, 0.5) is 8.78 Å². The summed E-state index contributed by atoms with van der Waals surface area (Å²) in [6.45, 7) is 2.87. The number of hydrogen-bond donors (Lipinski definition) is 0. The van der Waals surface area contributed by atoms with Crippen molar-refractivity contribution in [1.82, 2.24) is 10.1 Å². The number of rotatable bonds is 7. The van der Waals surface area contributed by atoms with Gasteiger partial charge in [-0.15, -0.1) is 0 Å². The van der Waals surface area contributed by atoms with Gasteiger partial charge in [0.1, 0.15) is 5.56 Å². The maximum atomic E-state index is 12.8. The molecule has 0 saturated heterocycles. The SMILES string of the molecule is COc1cc(CN(C)C(=O)c2c(C)noc2C(C)C)ccc1OC(F)F. The normalized spacial score (nSPS) is 11.1. The van der Waals surface area contributed by atoms with E-state index in [0.717, 1.165) is 0 Å². The first-order chi connectivity index (χ1) is 12.2. The van der Waals surface area contributed by atoms with Crippen molar-refractivity contribution in [1.29, 1.82) is 0 Å². The lowest BCUT2D eigenvalue weighted by Gasteiger charge is -2.19. The van der Waals surface area contributed by atoms with Gasteiger partial charge in [0.05, 0.1) is 12.8 Å². The highest BCUT2D eigenvalue weighted by Gasteiger charge is 2.25. The molecule has 142 valence electrons. The molecule has 26 heavy (non-hydrogen) atoms. The molecule has 0 aliphatic rings. The fourth-order valence-corrected chi connectivity index (χ4v) is 2.58. The van der Waals surface area contributed by atoms with E-state index in [9.17, 15) is 13.6 Å². The Kier molecular flexibility index (Phi) is 6.18. The van der Waals surface area contributed by atoms with Crippen LogP contribution in [0.3, 0.4) is 0 Å². The predicted octanol–water partition coefficient (Wildman–Crippen LogP) is 3.99. The van der Waals surface area contributed by atoms with E-state index < -0.39 is 6.61 Å². The van der Waals surface area contributed by atoms with Crippen molar-refractivity contribution in [2.75, 3.05) is 14.2 Å². The number of hydrogen-bond acceptors (Lipinski definition) is 5. The molecular weight excluding hydrogens is 346 g/mol. The summed E-state index contributed by atoms with van der Waals surface area (Å²) in [6.07, 6.45) is 0. The molecular formula is C18H22F2N2O4. The van der Waals surface area contributed by atoms with Crippen LogP contribution in [0, 0.1) is 6.92 Å². The Balaban J connectivity index is 2.20. The predicted molar refractivity (Wildman–Crippen MR) is 90.8 cm³/mol. The van der Waals surface area contributed by atoms with Gasteiger partial charge in [-0.05, 0) is 24.6 Å². The number of alkyl halides is 2. The highest BCUT2D eigenvalue weighted by molar-refractivity contribution is 5.96. The van der Waals surface area contributed by atoms with Gasteiger partial charge >= 0.3 is 6.61 Å². The van der Waals surface area contributed by atoms with Gasteiger partial charge in [-0.3, -0.25) is 4.79 Å². The van der Waals surface area contributed by atoms with E-state index in [2.05, 4.69) is 9.89 Å². The Labute approximate surface area is 150 Å². The quantitative estimate of drug-likeness (QED) is 0.739. The maximum absolute atomic E-state index is 12.8. The summed E-state index contributed by atoms with van der Waals surface area (Å²) in [5.41, 5.74) is 1.69. The van der Waals surface area contributed by atoms with E-state index in [-0.39, 0.29) is 29.9 Å². The lowest BCUT2D eigenvalue weighted by Crippen LogP contribution is -2.27. The molecule has 2 aromatic rings. The summed E-state index contributed by atoms with van der Waals surface area (Å²) >= 11 is 0. The fraction of sp³-hybridized carbons (Fsp3) is 0.444. The summed E-state index contributed by atoms with van der Waals surface area (Å²) < 4.78 is 39.6. The average Bonchev–Trinajstić information content (AvgIpc) is 2.96. The van der Waals surface area contributed by atoms with E-state index in [1.807, 2.05) is 13.8 Å². The first-order valence-corrected chi connectivity index (χ1v) is 8.08. The van der Waals surface area contributed by atoms with E-state index in [4.69, 9.17) is 9.26 Å². The third-order valence-electron chi connectivity index (χ3n) is 3.84. The van der Waals surface area contributed by atoms with Crippen LogP contribution in [0.25, 0.3) is 0 Å². The Morgan fingerprint density at radius 3 is 2.58 bits per heavy atom. The largest absolute Gasteiger partial charge is 0.493 e. The molecule has 1 aromatic heterocycles. The van der Waals surface area contributed by atoms with Gasteiger partial charge in [-0.2, -0.15) is 8.78 Å². The molecule has 1 heterocycles. The van der Waals surface area contributed by atoms with Crippen LogP contribution in [0.1, 0.15) is 47.1 Å².